The SMILES string of the molecule is Cc1ccc(CS(=O)(=O)c2ccccn2)cc1-c1ccc(-c2ccc3c(c2)CN(C)C3=O)s1. The third kappa shape index (κ3) is 4.10. The Morgan fingerprint density at radius 3 is 2.58 bits per heavy atom. The summed E-state index contributed by atoms with van der Waals surface area (Å²) in [4.78, 5) is 20.1. The average molecular weight is 475 g/mol. The summed E-state index contributed by atoms with van der Waals surface area (Å²) in [5.74, 6) is -0.0291. The molecule has 5 nitrogen and oxygen atoms in total. The van der Waals surface area contributed by atoms with Crippen LogP contribution in [0.2, 0.25) is 0 Å². The van der Waals surface area contributed by atoms with E-state index in [1.54, 1.807) is 28.4 Å². The first-order chi connectivity index (χ1) is 15.8. The Morgan fingerprint density at radius 2 is 1.79 bits per heavy atom. The second-order valence-corrected chi connectivity index (χ2v) is 11.3. The van der Waals surface area contributed by atoms with Crippen molar-refractivity contribution in [2.45, 2.75) is 24.2 Å². The van der Waals surface area contributed by atoms with Crippen LogP contribution in [0.5, 0.6) is 0 Å². The van der Waals surface area contributed by atoms with Crippen LogP contribution in [0, 0.1) is 6.92 Å². The summed E-state index contributed by atoms with van der Waals surface area (Å²) < 4.78 is 25.6. The number of rotatable bonds is 5. The van der Waals surface area contributed by atoms with Crippen molar-refractivity contribution < 1.29 is 13.2 Å². The normalized spacial score (nSPS) is 13.4. The Labute approximate surface area is 197 Å². The molecule has 3 heterocycles. The first kappa shape index (κ1) is 21.6. The van der Waals surface area contributed by atoms with Gasteiger partial charge >= 0.3 is 0 Å². The summed E-state index contributed by atoms with van der Waals surface area (Å²) in [7, 11) is -1.70. The number of thiophene rings is 1. The number of sulfone groups is 1. The summed E-state index contributed by atoms with van der Waals surface area (Å²) >= 11 is 1.66. The van der Waals surface area contributed by atoms with Crippen LogP contribution in [-0.4, -0.2) is 31.3 Å². The maximum atomic E-state index is 12.8. The third-order valence-electron chi connectivity index (χ3n) is 5.86. The molecule has 5 rings (SSSR count). The molecule has 0 unspecified atom stereocenters. The Morgan fingerprint density at radius 1 is 0.970 bits per heavy atom. The molecule has 0 atom stereocenters. The van der Waals surface area contributed by atoms with Gasteiger partial charge in [0.1, 0.15) is 0 Å². The molecule has 1 aliphatic heterocycles. The van der Waals surface area contributed by atoms with Crippen molar-refractivity contribution in [3.05, 3.63) is 95.2 Å². The van der Waals surface area contributed by atoms with Crippen molar-refractivity contribution >= 4 is 27.1 Å². The van der Waals surface area contributed by atoms with Gasteiger partial charge in [-0.25, -0.2) is 13.4 Å². The highest BCUT2D eigenvalue weighted by Crippen LogP contribution is 2.38. The van der Waals surface area contributed by atoms with Crippen molar-refractivity contribution in [1.29, 1.82) is 0 Å². The lowest BCUT2D eigenvalue weighted by Gasteiger charge is -2.08. The predicted octanol–water partition coefficient (Wildman–Crippen LogP) is 5.35. The summed E-state index contributed by atoms with van der Waals surface area (Å²) in [6.45, 7) is 2.66. The van der Waals surface area contributed by atoms with E-state index in [4.69, 9.17) is 0 Å². The van der Waals surface area contributed by atoms with Gasteiger partial charge in [-0.2, -0.15) is 0 Å². The van der Waals surface area contributed by atoms with Crippen LogP contribution in [-0.2, 0) is 22.1 Å². The first-order valence-electron chi connectivity index (χ1n) is 10.5. The zero-order valence-electron chi connectivity index (χ0n) is 18.3. The van der Waals surface area contributed by atoms with Gasteiger partial charge in [0.05, 0.1) is 5.75 Å². The molecule has 0 saturated heterocycles. The molecule has 1 aliphatic rings. The number of benzene rings is 2. The van der Waals surface area contributed by atoms with Crippen LogP contribution in [0.1, 0.15) is 27.0 Å². The van der Waals surface area contributed by atoms with Gasteiger partial charge in [0, 0.05) is 35.1 Å². The van der Waals surface area contributed by atoms with E-state index in [1.807, 2.05) is 44.3 Å². The molecule has 4 aromatic rings. The van der Waals surface area contributed by atoms with Crippen LogP contribution < -0.4 is 0 Å². The molecule has 0 bridgehead atoms. The molecule has 166 valence electrons. The fourth-order valence-electron chi connectivity index (χ4n) is 4.11. The second-order valence-electron chi connectivity index (χ2n) is 8.27. The number of hydrogen-bond donors (Lipinski definition) is 0. The lowest BCUT2D eigenvalue weighted by Crippen LogP contribution is -2.17. The van der Waals surface area contributed by atoms with Gasteiger partial charge in [-0.05, 0) is 77.2 Å². The van der Waals surface area contributed by atoms with Crippen LogP contribution in [0.25, 0.3) is 20.9 Å². The topological polar surface area (TPSA) is 67.3 Å². The largest absolute Gasteiger partial charge is 0.337 e. The second kappa shape index (κ2) is 8.24. The van der Waals surface area contributed by atoms with E-state index in [1.165, 1.54) is 12.3 Å². The number of aromatic nitrogens is 1. The standard InChI is InChI=1S/C26H22N2O3S2/c1-17-6-7-18(16-33(30,31)25-5-3-4-12-27-25)13-22(17)24-11-10-23(32-24)19-8-9-21-20(14-19)15-28(2)26(21)29/h3-14H,15-16H2,1-2H3. The lowest BCUT2D eigenvalue weighted by atomic mass is 10.0. The number of carbonyl (C=O) groups excluding carboxylic acids is 1. The van der Waals surface area contributed by atoms with Gasteiger partial charge in [0.25, 0.3) is 5.91 Å². The van der Waals surface area contributed by atoms with Gasteiger partial charge in [0.2, 0.25) is 0 Å². The molecule has 0 saturated carbocycles. The van der Waals surface area contributed by atoms with Crippen LogP contribution >= 0.6 is 11.3 Å². The van der Waals surface area contributed by atoms with E-state index in [0.29, 0.717) is 6.54 Å². The summed E-state index contributed by atoms with van der Waals surface area (Å²) in [5, 5.41) is 0.0891. The first-order valence-corrected chi connectivity index (χ1v) is 13.0. The lowest BCUT2D eigenvalue weighted by molar-refractivity contribution is 0.0816. The van der Waals surface area contributed by atoms with Crippen LogP contribution in [0.4, 0.5) is 0 Å². The zero-order chi connectivity index (χ0) is 23.2. The van der Waals surface area contributed by atoms with Crippen molar-refractivity contribution in [1.82, 2.24) is 9.88 Å². The number of hydrogen-bond acceptors (Lipinski definition) is 5. The molecule has 0 aliphatic carbocycles. The maximum absolute atomic E-state index is 12.8. The maximum Gasteiger partial charge on any atom is 0.254 e. The molecule has 0 fully saturated rings. The molecule has 33 heavy (non-hydrogen) atoms. The highest BCUT2D eigenvalue weighted by molar-refractivity contribution is 7.90. The van der Waals surface area contributed by atoms with Crippen LogP contribution in [0.15, 0.2) is 78.0 Å². The quantitative estimate of drug-likeness (QED) is 0.391. The molecule has 0 radical (unpaired) electrons. The van der Waals surface area contributed by atoms with Crippen LogP contribution in [0.3, 0.4) is 0 Å². The fourth-order valence-corrected chi connectivity index (χ4v) is 6.46. The number of aryl methyl sites for hydroxylation is 1. The number of amides is 1. The highest BCUT2D eigenvalue weighted by Gasteiger charge is 2.24. The fraction of sp³-hybridized carbons (Fsp3) is 0.154. The third-order valence-corrected chi connectivity index (χ3v) is 8.62. The summed E-state index contributed by atoms with van der Waals surface area (Å²) in [5.41, 5.74) is 5.75. The molecule has 0 spiro atoms. The predicted molar refractivity (Wildman–Crippen MR) is 131 cm³/mol. The smallest absolute Gasteiger partial charge is 0.254 e. The minimum atomic E-state index is -3.52. The average Bonchev–Trinajstić information content (AvgIpc) is 3.40. The van der Waals surface area contributed by atoms with Gasteiger partial charge in [-0.3, -0.25) is 4.79 Å². The Bertz CT molecular complexity index is 1470. The van der Waals surface area contributed by atoms with Gasteiger partial charge in [0.15, 0.2) is 14.9 Å². The molecule has 1 amide bonds. The molecule has 7 heteroatoms. The number of fused-ring (bicyclic) bond motifs is 1. The van der Waals surface area contributed by atoms with Gasteiger partial charge < -0.3 is 4.90 Å². The number of pyridine rings is 1. The van der Waals surface area contributed by atoms with E-state index in [0.717, 1.165) is 43.1 Å². The Hall–Kier alpha value is -3.29. The number of nitrogens with zero attached hydrogens (tertiary/aromatic N) is 2. The molecule has 2 aromatic heterocycles. The van der Waals surface area contributed by atoms with E-state index in [9.17, 15) is 13.2 Å². The van der Waals surface area contributed by atoms with Crippen molar-refractivity contribution in [2.24, 2.45) is 0 Å². The highest BCUT2D eigenvalue weighted by atomic mass is 32.2. The van der Waals surface area contributed by atoms with Gasteiger partial charge in [-0.1, -0.05) is 24.3 Å². The molecular formula is C26H22N2O3S2. The van der Waals surface area contributed by atoms with E-state index >= 15 is 0 Å². The Balaban J connectivity index is 1.45. The monoisotopic (exact) mass is 474 g/mol. The molecular weight excluding hydrogens is 452 g/mol. The van der Waals surface area contributed by atoms with Crippen molar-refractivity contribution in [3.8, 4) is 20.9 Å². The van der Waals surface area contributed by atoms with E-state index < -0.39 is 9.84 Å². The zero-order valence-corrected chi connectivity index (χ0v) is 19.9. The van der Waals surface area contributed by atoms with Crippen molar-refractivity contribution in [3.63, 3.8) is 0 Å². The Kier molecular flexibility index (Phi) is 5.38. The van der Waals surface area contributed by atoms with Gasteiger partial charge in [-0.15, -0.1) is 11.3 Å². The number of carbonyl (C=O) groups is 1. The van der Waals surface area contributed by atoms with Crippen molar-refractivity contribution in [2.75, 3.05) is 7.05 Å². The minimum Gasteiger partial charge on any atom is -0.337 e. The summed E-state index contributed by atoms with van der Waals surface area (Å²) in [6.07, 6.45) is 1.49. The summed E-state index contributed by atoms with van der Waals surface area (Å²) in [6, 6.07) is 20.8. The molecule has 0 N–H and O–H groups in total. The minimum absolute atomic E-state index is 0.0662. The van der Waals surface area contributed by atoms with E-state index in [2.05, 4.69) is 23.2 Å². The molecule has 2 aromatic carbocycles. The van der Waals surface area contributed by atoms with E-state index in [-0.39, 0.29) is 16.7 Å².